The van der Waals surface area contributed by atoms with Crippen molar-refractivity contribution in [2.45, 2.75) is 33.1 Å². The fourth-order valence-corrected chi connectivity index (χ4v) is 2.48. The van der Waals surface area contributed by atoms with Gasteiger partial charge in [-0.1, -0.05) is 32.0 Å². The summed E-state index contributed by atoms with van der Waals surface area (Å²) in [7, 11) is 0. The van der Waals surface area contributed by atoms with Gasteiger partial charge in [-0.2, -0.15) is 0 Å². The highest BCUT2D eigenvalue weighted by molar-refractivity contribution is 5.93. The fourth-order valence-electron chi connectivity index (χ4n) is 2.48. The summed E-state index contributed by atoms with van der Waals surface area (Å²) >= 11 is 0. The average molecular weight is 355 g/mol. The molecule has 0 aliphatic carbocycles. The van der Waals surface area contributed by atoms with Crippen molar-refractivity contribution in [1.29, 1.82) is 0 Å². The quantitative estimate of drug-likeness (QED) is 0.713. The lowest BCUT2D eigenvalue weighted by molar-refractivity contribution is -0.118. The van der Waals surface area contributed by atoms with Gasteiger partial charge in [-0.3, -0.25) is 4.79 Å². The van der Waals surface area contributed by atoms with E-state index in [1.807, 2.05) is 24.3 Å². The summed E-state index contributed by atoms with van der Waals surface area (Å²) in [6.45, 7) is 6.26. The number of rotatable bonds is 8. The molecule has 1 unspecified atom stereocenters. The highest BCUT2D eigenvalue weighted by Gasteiger charge is 2.12. The monoisotopic (exact) mass is 355 g/mol. The minimum atomic E-state index is -0.379. The molecule has 0 aliphatic heterocycles. The Hall–Kier alpha value is -2.82. The number of carbonyl (C=O) groups excluding carboxylic acids is 2. The molecule has 2 rings (SSSR count). The van der Waals surface area contributed by atoms with Gasteiger partial charge in [-0.15, -0.1) is 0 Å². The number of benzene rings is 2. The van der Waals surface area contributed by atoms with Gasteiger partial charge in [-0.05, 0) is 55.2 Å². The van der Waals surface area contributed by atoms with Crippen molar-refractivity contribution in [1.82, 2.24) is 0 Å². The van der Waals surface area contributed by atoms with Gasteiger partial charge < -0.3 is 14.8 Å². The Morgan fingerprint density at radius 2 is 1.73 bits per heavy atom. The zero-order chi connectivity index (χ0) is 18.9. The molecule has 0 spiro atoms. The van der Waals surface area contributed by atoms with Gasteiger partial charge in [0, 0.05) is 5.69 Å². The standard InChI is InChI=1S/C21H25NO4/c1-4-15(3)18-8-6-7-9-19(18)26-14-20(23)22-17-12-10-16(11-13-17)21(24)25-5-2/h6-13,15H,4-5,14H2,1-3H3,(H,22,23). The Bertz CT molecular complexity index is 740. The molecular weight excluding hydrogens is 330 g/mol. The van der Waals surface area contributed by atoms with E-state index in [2.05, 4.69) is 19.2 Å². The maximum atomic E-state index is 12.1. The zero-order valence-electron chi connectivity index (χ0n) is 15.5. The van der Waals surface area contributed by atoms with Gasteiger partial charge in [0.1, 0.15) is 5.75 Å². The first kappa shape index (κ1) is 19.5. The topological polar surface area (TPSA) is 64.6 Å². The Kier molecular flexibility index (Phi) is 7.21. The van der Waals surface area contributed by atoms with Crippen LogP contribution in [0.25, 0.3) is 0 Å². The molecule has 138 valence electrons. The second-order valence-electron chi connectivity index (χ2n) is 5.98. The molecule has 5 heteroatoms. The third-order valence-corrected chi connectivity index (χ3v) is 4.10. The summed E-state index contributed by atoms with van der Waals surface area (Å²) in [5.41, 5.74) is 2.15. The van der Waals surface area contributed by atoms with E-state index in [0.717, 1.165) is 17.7 Å². The van der Waals surface area contributed by atoms with Crippen LogP contribution in [0.1, 0.15) is 49.0 Å². The molecular formula is C21H25NO4. The molecule has 0 aliphatic rings. The van der Waals surface area contributed by atoms with Crippen molar-refractivity contribution in [3.63, 3.8) is 0 Å². The Morgan fingerprint density at radius 1 is 1.04 bits per heavy atom. The van der Waals surface area contributed by atoms with Crippen LogP contribution in [0.4, 0.5) is 5.69 Å². The molecule has 0 fully saturated rings. The van der Waals surface area contributed by atoms with Gasteiger partial charge in [0.2, 0.25) is 0 Å². The number of hydrogen-bond acceptors (Lipinski definition) is 4. The molecule has 2 aromatic carbocycles. The molecule has 2 aromatic rings. The molecule has 0 aromatic heterocycles. The van der Waals surface area contributed by atoms with Crippen molar-refractivity contribution in [3.8, 4) is 5.75 Å². The molecule has 26 heavy (non-hydrogen) atoms. The van der Waals surface area contributed by atoms with Crippen molar-refractivity contribution >= 4 is 17.6 Å². The summed E-state index contributed by atoms with van der Waals surface area (Å²) in [5, 5.41) is 2.76. The van der Waals surface area contributed by atoms with Gasteiger partial charge in [0.25, 0.3) is 5.91 Å². The third kappa shape index (κ3) is 5.34. The zero-order valence-corrected chi connectivity index (χ0v) is 15.5. The van der Waals surface area contributed by atoms with Crippen LogP contribution in [-0.4, -0.2) is 25.1 Å². The molecule has 1 N–H and O–H groups in total. The smallest absolute Gasteiger partial charge is 0.338 e. The molecule has 0 radical (unpaired) electrons. The SMILES string of the molecule is CCOC(=O)c1ccc(NC(=O)COc2ccccc2C(C)CC)cc1. The number of amides is 1. The van der Waals surface area contributed by atoms with Gasteiger partial charge in [0.15, 0.2) is 6.61 Å². The number of ether oxygens (including phenoxy) is 2. The van der Waals surface area contributed by atoms with E-state index in [1.165, 1.54) is 0 Å². The van der Waals surface area contributed by atoms with E-state index in [9.17, 15) is 9.59 Å². The Morgan fingerprint density at radius 3 is 2.38 bits per heavy atom. The van der Waals surface area contributed by atoms with Crippen molar-refractivity contribution in [2.24, 2.45) is 0 Å². The van der Waals surface area contributed by atoms with Crippen LogP contribution < -0.4 is 10.1 Å². The van der Waals surface area contributed by atoms with E-state index in [0.29, 0.717) is 23.8 Å². The average Bonchev–Trinajstić information content (AvgIpc) is 2.66. The lowest BCUT2D eigenvalue weighted by Crippen LogP contribution is -2.20. The number of para-hydroxylation sites is 1. The second-order valence-corrected chi connectivity index (χ2v) is 5.98. The molecule has 5 nitrogen and oxygen atoms in total. The molecule has 0 bridgehead atoms. The van der Waals surface area contributed by atoms with Crippen LogP contribution in [0.3, 0.4) is 0 Å². The fraction of sp³-hybridized carbons (Fsp3) is 0.333. The molecule has 0 heterocycles. The van der Waals surface area contributed by atoms with Crippen LogP contribution in [0.5, 0.6) is 5.75 Å². The first-order valence-electron chi connectivity index (χ1n) is 8.83. The minimum absolute atomic E-state index is 0.0763. The number of esters is 1. The molecule has 1 atom stereocenters. The Labute approximate surface area is 154 Å². The number of nitrogens with one attached hydrogen (secondary N) is 1. The first-order chi connectivity index (χ1) is 12.5. The first-order valence-corrected chi connectivity index (χ1v) is 8.83. The Balaban J connectivity index is 1.92. The maximum absolute atomic E-state index is 12.1. The van der Waals surface area contributed by atoms with Gasteiger partial charge >= 0.3 is 5.97 Å². The van der Waals surface area contributed by atoms with Crippen LogP contribution in [-0.2, 0) is 9.53 Å². The number of anilines is 1. The highest BCUT2D eigenvalue weighted by Crippen LogP contribution is 2.28. The largest absolute Gasteiger partial charge is 0.483 e. The maximum Gasteiger partial charge on any atom is 0.338 e. The lowest BCUT2D eigenvalue weighted by Gasteiger charge is -2.15. The minimum Gasteiger partial charge on any atom is -0.483 e. The summed E-state index contributed by atoms with van der Waals surface area (Å²) in [5.74, 6) is 0.461. The van der Waals surface area contributed by atoms with Crippen LogP contribution in [0.2, 0.25) is 0 Å². The molecule has 0 saturated heterocycles. The summed E-state index contributed by atoms with van der Waals surface area (Å²) in [6, 6.07) is 14.3. The van der Waals surface area contributed by atoms with E-state index in [1.54, 1.807) is 31.2 Å². The summed E-state index contributed by atoms with van der Waals surface area (Å²) < 4.78 is 10.6. The third-order valence-electron chi connectivity index (χ3n) is 4.10. The molecule has 0 saturated carbocycles. The van der Waals surface area contributed by atoms with E-state index < -0.39 is 0 Å². The highest BCUT2D eigenvalue weighted by atomic mass is 16.5. The van der Waals surface area contributed by atoms with Crippen molar-refractivity contribution in [2.75, 3.05) is 18.5 Å². The number of carbonyl (C=O) groups is 2. The van der Waals surface area contributed by atoms with E-state index >= 15 is 0 Å². The summed E-state index contributed by atoms with van der Waals surface area (Å²) in [6.07, 6.45) is 0.999. The predicted molar refractivity (Wildman–Crippen MR) is 102 cm³/mol. The predicted octanol–water partition coefficient (Wildman–Crippen LogP) is 4.39. The van der Waals surface area contributed by atoms with E-state index in [-0.39, 0.29) is 18.5 Å². The second kappa shape index (κ2) is 9.61. The van der Waals surface area contributed by atoms with Gasteiger partial charge in [-0.25, -0.2) is 4.79 Å². The van der Waals surface area contributed by atoms with Crippen LogP contribution >= 0.6 is 0 Å². The number of hydrogen-bond donors (Lipinski definition) is 1. The van der Waals surface area contributed by atoms with Gasteiger partial charge in [0.05, 0.1) is 12.2 Å². The van der Waals surface area contributed by atoms with Crippen LogP contribution in [0, 0.1) is 0 Å². The van der Waals surface area contributed by atoms with Crippen molar-refractivity contribution in [3.05, 3.63) is 59.7 Å². The summed E-state index contributed by atoms with van der Waals surface area (Å²) in [4.78, 5) is 23.7. The van der Waals surface area contributed by atoms with E-state index in [4.69, 9.17) is 9.47 Å². The van der Waals surface area contributed by atoms with Crippen LogP contribution in [0.15, 0.2) is 48.5 Å². The normalized spacial score (nSPS) is 11.5. The van der Waals surface area contributed by atoms with Crippen molar-refractivity contribution < 1.29 is 19.1 Å². The lowest BCUT2D eigenvalue weighted by atomic mass is 9.98. The molecule has 1 amide bonds.